The van der Waals surface area contributed by atoms with Gasteiger partial charge in [0, 0.05) is 11.6 Å². The van der Waals surface area contributed by atoms with Gasteiger partial charge in [-0.3, -0.25) is 0 Å². The van der Waals surface area contributed by atoms with Gasteiger partial charge in [0.2, 0.25) is 0 Å². The summed E-state index contributed by atoms with van der Waals surface area (Å²) in [6.07, 6.45) is 0. The first kappa shape index (κ1) is 13.6. The van der Waals surface area contributed by atoms with Gasteiger partial charge in [-0.1, -0.05) is 12.1 Å². The Morgan fingerprint density at radius 3 is 2.21 bits per heavy atom. The second-order valence-electron chi connectivity index (χ2n) is 4.66. The summed E-state index contributed by atoms with van der Waals surface area (Å²) in [6.45, 7) is 2.93. The van der Waals surface area contributed by atoms with E-state index in [0.717, 1.165) is 18.2 Å². The summed E-state index contributed by atoms with van der Waals surface area (Å²) >= 11 is 0. The SMILES string of the molecule is Cc1ccc(C(C)(O)c2ccc(F)cc2F)cc1F. The average Bonchev–Trinajstić information content (AvgIpc) is 2.32. The van der Waals surface area contributed by atoms with Crippen LogP contribution in [-0.2, 0) is 5.60 Å². The molecule has 0 bridgehead atoms. The number of halogens is 3. The third kappa shape index (κ3) is 2.49. The molecule has 2 aromatic carbocycles. The molecule has 0 saturated heterocycles. The summed E-state index contributed by atoms with van der Waals surface area (Å²) in [5.74, 6) is -2.08. The van der Waals surface area contributed by atoms with Crippen LogP contribution in [0.15, 0.2) is 36.4 Å². The van der Waals surface area contributed by atoms with E-state index in [1.54, 1.807) is 6.92 Å². The molecule has 1 atom stereocenters. The zero-order chi connectivity index (χ0) is 14.2. The molecule has 19 heavy (non-hydrogen) atoms. The zero-order valence-corrected chi connectivity index (χ0v) is 10.5. The van der Waals surface area contributed by atoms with Crippen LogP contribution in [0.5, 0.6) is 0 Å². The lowest BCUT2D eigenvalue weighted by atomic mass is 9.87. The van der Waals surface area contributed by atoms with Crippen LogP contribution >= 0.6 is 0 Å². The molecule has 0 aromatic heterocycles. The molecule has 0 fully saturated rings. The van der Waals surface area contributed by atoms with Gasteiger partial charge < -0.3 is 5.11 Å². The van der Waals surface area contributed by atoms with E-state index in [-0.39, 0.29) is 11.1 Å². The predicted molar refractivity (Wildman–Crippen MR) is 66.2 cm³/mol. The zero-order valence-electron chi connectivity index (χ0n) is 10.5. The monoisotopic (exact) mass is 266 g/mol. The fraction of sp³-hybridized carbons (Fsp3) is 0.200. The third-order valence-corrected chi connectivity index (χ3v) is 3.19. The Hall–Kier alpha value is -1.81. The Bertz CT molecular complexity index is 621. The first-order valence-corrected chi connectivity index (χ1v) is 5.77. The summed E-state index contributed by atoms with van der Waals surface area (Å²) in [5.41, 5.74) is -1.19. The van der Waals surface area contributed by atoms with E-state index in [4.69, 9.17) is 0 Å². The molecule has 0 amide bonds. The molecule has 0 aliphatic heterocycles. The molecule has 1 unspecified atom stereocenters. The maximum Gasteiger partial charge on any atom is 0.132 e. The lowest BCUT2D eigenvalue weighted by Crippen LogP contribution is -2.24. The molecule has 0 aliphatic rings. The van der Waals surface area contributed by atoms with Crippen molar-refractivity contribution in [3.05, 3.63) is 70.5 Å². The Kier molecular flexibility index (Phi) is 3.37. The first-order valence-electron chi connectivity index (χ1n) is 5.77. The van der Waals surface area contributed by atoms with Crippen LogP contribution in [0.25, 0.3) is 0 Å². The minimum atomic E-state index is -1.73. The van der Waals surface area contributed by atoms with E-state index < -0.39 is 23.1 Å². The topological polar surface area (TPSA) is 20.2 Å². The molecular weight excluding hydrogens is 253 g/mol. The first-order chi connectivity index (χ1) is 8.82. The van der Waals surface area contributed by atoms with Crippen molar-refractivity contribution in [3.63, 3.8) is 0 Å². The Balaban J connectivity index is 2.54. The van der Waals surface area contributed by atoms with Crippen molar-refractivity contribution < 1.29 is 18.3 Å². The third-order valence-electron chi connectivity index (χ3n) is 3.19. The van der Waals surface area contributed by atoms with Crippen molar-refractivity contribution in [2.24, 2.45) is 0 Å². The minimum Gasteiger partial charge on any atom is -0.381 e. The number of hydrogen-bond donors (Lipinski definition) is 1. The second kappa shape index (κ2) is 4.70. The van der Waals surface area contributed by atoms with E-state index in [9.17, 15) is 18.3 Å². The van der Waals surface area contributed by atoms with Crippen LogP contribution in [0.1, 0.15) is 23.6 Å². The van der Waals surface area contributed by atoms with Gasteiger partial charge in [0.25, 0.3) is 0 Å². The predicted octanol–water partition coefficient (Wildman–Crippen LogP) is 3.67. The van der Waals surface area contributed by atoms with Crippen molar-refractivity contribution in [1.82, 2.24) is 0 Å². The van der Waals surface area contributed by atoms with E-state index in [2.05, 4.69) is 0 Å². The van der Waals surface area contributed by atoms with E-state index >= 15 is 0 Å². The molecule has 0 aliphatic carbocycles. The summed E-state index contributed by atoms with van der Waals surface area (Å²) < 4.78 is 40.1. The normalized spacial score (nSPS) is 14.2. The van der Waals surface area contributed by atoms with Gasteiger partial charge in [-0.25, -0.2) is 13.2 Å². The van der Waals surface area contributed by atoms with E-state index in [0.29, 0.717) is 11.6 Å². The van der Waals surface area contributed by atoms with Crippen molar-refractivity contribution >= 4 is 0 Å². The van der Waals surface area contributed by atoms with E-state index in [1.165, 1.54) is 19.1 Å². The molecule has 1 N–H and O–H groups in total. The summed E-state index contributed by atoms with van der Waals surface area (Å²) in [7, 11) is 0. The standard InChI is InChI=1S/C15H13F3O/c1-9-3-4-10(7-13(9)17)15(2,19)12-6-5-11(16)8-14(12)18/h3-8,19H,1-2H3. The van der Waals surface area contributed by atoms with Gasteiger partial charge >= 0.3 is 0 Å². The number of aliphatic hydroxyl groups is 1. The van der Waals surface area contributed by atoms with Gasteiger partial charge in [-0.15, -0.1) is 0 Å². The van der Waals surface area contributed by atoms with Crippen LogP contribution in [-0.4, -0.2) is 5.11 Å². The van der Waals surface area contributed by atoms with Crippen LogP contribution in [0.4, 0.5) is 13.2 Å². The summed E-state index contributed by atoms with van der Waals surface area (Å²) in [4.78, 5) is 0. The van der Waals surface area contributed by atoms with Crippen LogP contribution in [0.2, 0.25) is 0 Å². The lowest BCUT2D eigenvalue weighted by Gasteiger charge is -2.25. The van der Waals surface area contributed by atoms with Crippen molar-refractivity contribution in [1.29, 1.82) is 0 Å². The highest BCUT2D eigenvalue weighted by Gasteiger charge is 2.29. The van der Waals surface area contributed by atoms with Crippen molar-refractivity contribution in [2.75, 3.05) is 0 Å². The molecule has 2 aromatic rings. The maximum absolute atomic E-state index is 13.7. The molecule has 0 spiro atoms. The smallest absolute Gasteiger partial charge is 0.132 e. The van der Waals surface area contributed by atoms with Gasteiger partial charge in [-0.2, -0.15) is 0 Å². The van der Waals surface area contributed by atoms with Crippen LogP contribution < -0.4 is 0 Å². The minimum absolute atomic E-state index is 0.0999. The highest BCUT2D eigenvalue weighted by atomic mass is 19.1. The average molecular weight is 266 g/mol. The number of hydrogen-bond acceptors (Lipinski definition) is 1. The second-order valence-corrected chi connectivity index (χ2v) is 4.66. The van der Waals surface area contributed by atoms with Gasteiger partial charge in [0.05, 0.1) is 0 Å². The fourth-order valence-electron chi connectivity index (χ4n) is 1.94. The van der Waals surface area contributed by atoms with Gasteiger partial charge in [0.15, 0.2) is 0 Å². The largest absolute Gasteiger partial charge is 0.381 e. The molecule has 1 nitrogen and oxygen atoms in total. The molecule has 2 rings (SSSR count). The number of benzene rings is 2. The highest BCUT2D eigenvalue weighted by Crippen LogP contribution is 2.32. The molecule has 4 heteroatoms. The lowest BCUT2D eigenvalue weighted by molar-refractivity contribution is 0.0974. The van der Waals surface area contributed by atoms with Gasteiger partial charge in [-0.05, 0) is 43.2 Å². The molecule has 100 valence electrons. The summed E-state index contributed by atoms with van der Waals surface area (Å²) in [5, 5.41) is 10.4. The van der Waals surface area contributed by atoms with Crippen molar-refractivity contribution in [3.8, 4) is 0 Å². The molecular formula is C15H13F3O. The maximum atomic E-state index is 13.7. The highest BCUT2D eigenvalue weighted by molar-refractivity contribution is 5.37. The van der Waals surface area contributed by atoms with E-state index in [1.807, 2.05) is 0 Å². The Morgan fingerprint density at radius 1 is 0.947 bits per heavy atom. The quantitative estimate of drug-likeness (QED) is 0.879. The Morgan fingerprint density at radius 2 is 1.63 bits per heavy atom. The number of aryl methyl sites for hydroxylation is 1. The molecule has 0 heterocycles. The molecule has 0 saturated carbocycles. The van der Waals surface area contributed by atoms with Crippen LogP contribution in [0, 0.1) is 24.4 Å². The fourth-order valence-corrected chi connectivity index (χ4v) is 1.94. The number of rotatable bonds is 2. The Labute approximate surface area is 109 Å². The van der Waals surface area contributed by atoms with Crippen molar-refractivity contribution in [2.45, 2.75) is 19.4 Å². The van der Waals surface area contributed by atoms with Gasteiger partial charge in [0.1, 0.15) is 23.1 Å². The molecule has 0 radical (unpaired) electrons. The van der Waals surface area contributed by atoms with Crippen LogP contribution in [0.3, 0.4) is 0 Å². The summed E-state index contributed by atoms with van der Waals surface area (Å²) in [6, 6.07) is 7.06.